The Balaban J connectivity index is 1.75. The van der Waals surface area contributed by atoms with Crippen molar-refractivity contribution in [3.05, 3.63) is 52.0 Å². The Kier molecular flexibility index (Phi) is 4.15. The predicted molar refractivity (Wildman–Crippen MR) is 88.2 cm³/mol. The average molecular weight is 312 g/mol. The normalized spacial score (nSPS) is 14.2. The molecule has 0 aliphatic heterocycles. The van der Waals surface area contributed by atoms with Crippen LogP contribution in [-0.2, 0) is 4.79 Å². The van der Waals surface area contributed by atoms with Gasteiger partial charge in [0.05, 0.1) is 16.1 Å². The molecule has 1 N–H and O–H groups in total. The van der Waals surface area contributed by atoms with Crippen LogP contribution in [0.25, 0.3) is 6.08 Å². The summed E-state index contributed by atoms with van der Waals surface area (Å²) in [7, 11) is 0. The van der Waals surface area contributed by atoms with Crippen LogP contribution in [0.3, 0.4) is 0 Å². The van der Waals surface area contributed by atoms with E-state index in [4.69, 9.17) is 0 Å². The molecule has 1 aromatic carbocycles. The summed E-state index contributed by atoms with van der Waals surface area (Å²) in [6.45, 7) is 1.44. The van der Waals surface area contributed by atoms with Crippen LogP contribution in [0.4, 0.5) is 5.69 Å². The fourth-order valence-electron chi connectivity index (χ4n) is 2.25. The van der Waals surface area contributed by atoms with Gasteiger partial charge >= 0.3 is 0 Å². The molecule has 1 aromatic heterocycles. The molecule has 0 spiro atoms. The standard InChI is InChI=1S/C17H16N2O2S/c1-11(20)19-14-4-2-3-13(9-14)15(21)7-8-16-17(12-5-6-12)18-10-22-16/h2-4,7-10,12H,5-6H2,1H3,(H,19,20)/b8-7+. The van der Waals surface area contributed by atoms with Gasteiger partial charge in [-0.2, -0.15) is 0 Å². The maximum absolute atomic E-state index is 12.3. The number of hydrogen-bond acceptors (Lipinski definition) is 4. The number of hydrogen-bond donors (Lipinski definition) is 1. The van der Waals surface area contributed by atoms with Crippen LogP contribution in [0.5, 0.6) is 0 Å². The van der Waals surface area contributed by atoms with Gasteiger partial charge in [-0.15, -0.1) is 11.3 Å². The number of carbonyl (C=O) groups excluding carboxylic acids is 2. The minimum Gasteiger partial charge on any atom is -0.326 e. The SMILES string of the molecule is CC(=O)Nc1cccc(C(=O)/C=C/c2scnc2C2CC2)c1. The van der Waals surface area contributed by atoms with Gasteiger partial charge in [-0.25, -0.2) is 4.98 Å². The molecular weight excluding hydrogens is 296 g/mol. The third-order valence-corrected chi connectivity index (χ3v) is 4.25. The van der Waals surface area contributed by atoms with Crippen molar-refractivity contribution < 1.29 is 9.59 Å². The third kappa shape index (κ3) is 3.49. The number of benzene rings is 1. The Morgan fingerprint density at radius 2 is 2.18 bits per heavy atom. The first kappa shape index (κ1) is 14.7. The Morgan fingerprint density at radius 1 is 1.36 bits per heavy atom. The van der Waals surface area contributed by atoms with Gasteiger partial charge in [0.15, 0.2) is 5.78 Å². The highest BCUT2D eigenvalue weighted by Crippen LogP contribution is 2.42. The van der Waals surface area contributed by atoms with Gasteiger partial charge in [0.25, 0.3) is 0 Å². The van der Waals surface area contributed by atoms with E-state index in [0.29, 0.717) is 17.2 Å². The molecule has 1 amide bonds. The van der Waals surface area contributed by atoms with Crippen LogP contribution < -0.4 is 5.32 Å². The van der Waals surface area contributed by atoms with Crippen LogP contribution in [0, 0.1) is 0 Å². The molecule has 0 atom stereocenters. The van der Waals surface area contributed by atoms with Gasteiger partial charge in [0.2, 0.25) is 5.91 Å². The van der Waals surface area contributed by atoms with E-state index in [1.54, 1.807) is 41.7 Å². The summed E-state index contributed by atoms with van der Waals surface area (Å²) in [6.07, 6.45) is 5.81. The number of amides is 1. The van der Waals surface area contributed by atoms with Crippen molar-refractivity contribution in [1.29, 1.82) is 0 Å². The van der Waals surface area contributed by atoms with Crippen molar-refractivity contribution >= 4 is 34.8 Å². The van der Waals surface area contributed by atoms with Crippen LogP contribution >= 0.6 is 11.3 Å². The second-order valence-electron chi connectivity index (χ2n) is 5.34. The van der Waals surface area contributed by atoms with Crippen molar-refractivity contribution in [3.63, 3.8) is 0 Å². The lowest BCUT2D eigenvalue weighted by Crippen LogP contribution is -2.06. The molecule has 0 radical (unpaired) electrons. The van der Waals surface area contributed by atoms with E-state index in [2.05, 4.69) is 10.3 Å². The highest BCUT2D eigenvalue weighted by atomic mass is 32.1. The Hall–Kier alpha value is -2.27. The number of anilines is 1. The zero-order valence-electron chi connectivity index (χ0n) is 12.2. The molecular formula is C17H16N2O2S. The average Bonchev–Trinajstić information content (AvgIpc) is 3.23. The quantitative estimate of drug-likeness (QED) is 0.673. The summed E-state index contributed by atoms with van der Waals surface area (Å²) >= 11 is 1.56. The van der Waals surface area contributed by atoms with Gasteiger partial charge in [-0.05, 0) is 37.1 Å². The molecule has 4 nitrogen and oxygen atoms in total. The molecule has 1 saturated carbocycles. The molecule has 1 heterocycles. The molecule has 5 heteroatoms. The topological polar surface area (TPSA) is 59.1 Å². The van der Waals surface area contributed by atoms with Gasteiger partial charge in [0.1, 0.15) is 0 Å². The van der Waals surface area contributed by atoms with Gasteiger partial charge in [-0.3, -0.25) is 9.59 Å². The molecule has 112 valence electrons. The van der Waals surface area contributed by atoms with Crippen LogP contribution in [0.1, 0.15) is 46.6 Å². The van der Waals surface area contributed by atoms with E-state index in [1.807, 2.05) is 11.6 Å². The summed E-state index contributed by atoms with van der Waals surface area (Å²) in [5.41, 5.74) is 4.12. The molecule has 0 unspecified atom stereocenters. The van der Waals surface area contributed by atoms with Crippen LogP contribution in [-0.4, -0.2) is 16.7 Å². The van der Waals surface area contributed by atoms with Crippen LogP contribution in [0.2, 0.25) is 0 Å². The van der Waals surface area contributed by atoms with E-state index >= 15 is 0 Å². The molecule has 0 saturated heterocycles. The van der Waals surface area contributed by atoms with E-state index in [0.717, 1.165) is 10.6 Å². The molecule has 3 rings (SSSR count). The molecule has 1 fully saturated rings. The number of nitrogens with zero attached hydrogens (tertiary/aromatic N) is 1. The Bertz CT molecular complexity index is 745. The Labute approximate surface area is 132 Å². The number of allylic oxidation sites excluding steroid dienone is 1. The minimum atomic E-state index is -0.154. The Morgan fingerprint density at radius 3 is 2.91 bits per heavy atom. The van der Waals surface area contributed by atoms with E-state index < -0.39 is 0 Å². The van der Waals surface area contributed by atoms with Crippen molar-refractivity contribution in [2.24, 2.45) is 0 Å². The molecule has 2 aromatic rings. The van der Waals surface area contributed by atoms with Gasteiger partial charge < -0.3 is 5.32 Å². The summed E-state index contributed by atoms with van der Waals surface area (Å²) in [4.78, 5) is 28.8. The fourth-order valence-corrected chi connectivity index (χ4v) is 3.02. The molecule has 22 heavy (non-hydrogen) atoms. The zero-order chi connectivity index (χ0) is 15.5. The van der Waals surface area contributed by atoms with E-state index in [-0.39, 0.29) is 11.7 Å². The smallest absolute Gasteiger partial charge is 0.221 e. The minimum absolute atomic E-state index is 0.0812. The number of nitrogens with one attached hydrogen (secondary N) is 1. The number of rotatable bonds is 5. The second kappa shape index (κ2) is 6.23. The maximum atomic E-state index is 12.3. The van der Waals surface area contributed by atoms with Crippen LogP contribution in [0.15, 0.2) is 35.9 Å². The first-order valence-electron chi connectivity index (χ1n) is 7.17. The van der Waals surface area contributed by atoms with E-state index in [1.165, 1.54) is 19.8 Å². The monoisotopic (exact) mass is 312 g/mol. The fraction of sp³-hybridized carbons (Fsp3) is 0.235. The summed E-state index contributed by atoms with van der Waals surface area (Å²) < 4.78 is 0. The highest BCUT2D eigenvalue weighted by Gasteiger charge is 2.27. The lowest BCUT2D eigenvalue weighted by molar-refractivity contribution is -0.114. The highest BCUT2D eigenvalue weighted by molar-refractivity contribution is 7.10. The zero-order valence-corrected chi connectivity index (χ0v) is 13.0. The first-order valence-corrected chi connectivity index (χ1v) is 8.05. The number of ketones is 1. The van der Waals surface area contributed by atoms with Crippen molar-refractivity contribution in [2.45, 2.75) is 25.7 Å². The molecule has 1 aliphatic rings. The van der Waals surface area contributed by atoms with Gasteiger partial charge in [-0.1, -0.05) is 12.1 Å². The first-order chi connectivity index (χ1) is 10.6. The number of aromatic nitrogens is 1. The summed E-state index contributed by atoms with van der Waals surface area (Å²) in [5, 5.41) is 2.68. The number of thiazole rings is 1. The molecule has 1 aliphatic carbocycles. The largest absolute Gasteiger partial charge is 0.326 e. The number of carbonyl (C=O) groups is 2. The van der Waals surface area contributed by atoms with E-state index in [9.17, 15) is 9.59 Å². The lowest BCUT2D eigenvalue weighted by Gasteiger charge is -2.03. The summed E-state index contributed by atoms with van der Waals surface area (Å²) in [5.74, 6) is 0.338. The van der Waals surface area contributed by atoms with Crippen molar-refractivity contribution in [3.8, 4) is 0 Å². The second-order valence-corrected chi connectivity index (χ2v) is 6.22. The van der Waals surface area contributed by atoms with Crippen molar-refractivity contribution in [1.82, 2.24) is 4.98 Å². The predicted octanol–water partition coefficient (Wildman–Crippen LogP) is 3.88. The third-order valence-electron chi connectivity index (χ3n) is 3.44. The molecule has 0 bridgehead atoms. The van der Waals surface area contributed by atoms with Crippen molar-refractivity contribution in [2.75, 3.05) is 5.32 Å². The van der Waals surface area contributed by atoms with Gasteiger partial charge in [0, 0.05) is 24.1 Å². The summed E-state index contributed by atoms with van der Waals surface area (Å²) in [6, 6.07) is 6.94. The maximum Gasteiger partial charge on any atom is 0.221 e. The lowest BCUT2D eigenvalue weighted by atomic mass is 10.1.